The van der Waals surface area contributed by atoms with Gasteiger partial charge in [0.05, 0.1) is 31.5 Å². The van der Waals surface area contributed by atoms with Gasteiger partial charge in [-0.2, -0.15) is 0 Å². The van der Waals surface area contributed by atoms with E-state index in [1.54, 1.807) is 0 Å². The van der Waals surface area contributed by atoms with Gasteiger partial charge in [-0.3, -0.25) is 4.90 Å². The number of likely N-dealkylation sites (tertiary alicyclic amines) is 1. The van der Waals surface area contributed by atoms with Gasteiger partial charge in [0.2, 0.25) is 0 Å². The van der Waals surface area contributed by atoms with Gasteiger partial charge in [-0.1, -0.05) is 0 Å². The molecule has 6 heteroatoms. The maximum Gasteiger partial charge on any atom is 0.315 e. The number of carbonyl (C=O) groups is 1. The van der Waals surface area contributed by atoms with E-state index < -0.39 is 0 Å². The summed E-state index contributed by atoms with van der Waals surface area (Å²) in [6.45, 7) is 5.82. The summed E-state index contributed by atoms with van der Waals surface area (Å²) in [6.07, 6.45) is 1.26. The summed E-state index contributed by atoms with van der Waals surface area (Å²) in [5.74, 6) is 0. The fraction of sp³-hybridized carbons (Fsp3) is 0.909. The Morgan fingerprint density at radius 1 is 1.41 bits per heavy atom. The summed E-state index contributed by atoms with van der Waals surface area (Å²) in [4.78, 5) is 13.4. The van der Waals surface area contributed by atoms with Gasteiger partial charge >= 0.3 is 6.03 Å². The first-order valence-electron chi connectivity index (χ1n) is 6.24. The number of nitrogens with one attached hydrogen (secondary N) is 2. The second-order valence-corrected chi connectivity index (χ2v) is 5.16. The third-order valence-corrected chi connectivity index (χ3v) is 3.67. The Hall–Kier alpha value is -0.850. The molecule has 3 rings (SSSR count). The summed E-state index contributed by atoms with van der Waals surface area (Å²) in [7, 11) is 0. The zero-order chi connectivity index (χ0) is 11.7. The van der Waals surface area contributed by atoms with E-state index in [4.69, 9.17) is 9.47 Å². The van der Waals surface area contributed by atoms with E-state index >= 15 is 0 Å². The highest BCUT2D eigenvalue weighted by atomic mass is 16.6. The van der Waals surface area contributed by atoms with Gasteiger partial charge in [0.1, 0.15) is 0 Å². The molecule has 1 unspecified atom stereocenters. The van der Waals surface area contributed by atoms with Crippen molar-refractivity contribution < 1.29 is 14.3 Å². The predicted molar refractivity (Wildman–Crippen MR) is 60.9 cm³/mol. The van der Waals surface area contributed by atoms with E-state index in [0.29, 0.717) is 6.61 Å². The van der Waals surface area contributed by atoms with Gasteiger partial charge in [0, 0.05) is 26.2 Å². The average molecular weight is 241 g/mol. The minimum Gasteiger partial charge on any atom is -0.376 e. The third-order valence-electron chi connectivity index (χ3n) is 3.67. The highest BCUT2D eigenvalue weighted by Gasteiger charge is 2.47. The van der Waals surface area contributed by atoms with E-state index in [9.17, 15) is 4.79 Å². The number of ether oxygens (including phenoxy) is 2. The Morgan fingerprint density at radius 2 is 2.29 bits per heavy atom. The standard InChI is InChI=1S/C11H19N3O3/c15-10-12-6-11(13-10)7-14(8-11)2-1-9-5-16-3-4-17-9/h9H,1-8H2,(H2,12,13,15). The molecular weight excluding hydrogens is 222 g/mol. The van der Waals surface area contributed by atoms with Crippen LogP contribution >= 0.6 is 0 Å². The molecule has 96 valence electrons. The Kier molecular flexibility index (Phi) is 2.94. The summed E-state index contributed by atoms with van der Waals surface area (Å²) < 4.78 is 11.0. The van der Waals surface area contributed by atoms with Crippen LogP contribution in [-0.2, 0) is 9.47 Å². The maximum absolute atomic E-state index is 11.1. The summed E-state index contributed by atoms with van der Waals surface area (Å²) in [5.41, 5.74) is 0.000997. The van der Waals surface area contributed by atoms with Crippen LogP contribution in [0.1, 0.15) is 6.42 Å². The zero-order valence-electron chi connectivity index (χ0n) is 9.91. The number of nitrogens with zero attached hydrogens (tertiary/aromatic N) is 1. The molecule has 0 saturated carbocycles. The van der Waals surface area contributed by atoms with E-state index in [-0.39, 0.29) is 17.7 Å². The van der Waals surface area contributed by atoms with Crippen LogP contribution in [0.2, 0.25) is 0 Å². The van der Waals surface area contributed by atoms with Crippen molar-refractivity contribution in [1.82, 2.24) is 15.5 Å². The predicted octanol–water partition coefficient (Wildman–Crippen LogP) is -0.841. The van der Waals surface area contributed by atoms with Crippen LogP contribution < -0.4 is 10.6 Å². The lowest BCUT2D eigenvalue weighted by atomic mass is 9.90. The molecule has 17 heavy (non-hydrogen) atoms. The molecule has 0 aromatic heterocycles. The van der Waals surface area contributed by atoms with Gasteiger partial charge in [-0.05, 0) is 6.42 Å². The Bertz CT molecular complexity index is 298. The Labute approximate surface area is 101 Å². The van der Waals surface area contributed by atoms with Gasteiger partial charge in [0.15, 0.2) is 0 Å². The SMILES string of the molecule is O=C1NCC2(CN(CCC3COCCO3)C2)N1. The average Bonchev–Trinajstić information content (AvgIpc) is 2.69. The van der Waals surface area contributed by atoms with E-state index in [1.807, 2.05) is 0 Å². The second-order valence-electron chi connectivity index (χ2n) is 5.16. The molecule has 6 nitrogen and oxygen atoms in total. The smallest absolute Gasteiger partial charge is 0.315 e. The van der Waals surface area contributed by atoms with Crippen LogP contribution in [0.4, 0.5) is 4.79 Å². The van der Waals surface area contributed by atoms with Crippen molar-refractivity contribution in [1.29, 1.82) is 0 Å². The van der Waals surface area contributed by atoms with Crippen molar-refractivity contribution in [3.8, 4) is 0 Å². The molecular formula is C11H19N3O3. The first-order chi connectivity index (χ1) is 8.26. The van der Waals surface area contributed by atoms with Crippen molar-refractivity contribution in [2.24, 2.45) is 0 Å². The lowest BCUT2D eigenvalue weighted by Crippen LogP contribution is -2.69. The molecule has 0 aromatic rings. The lowest BCUT2D eigenvalue weighted by molar-refractivity contribution is -0.0955. The number of amides is 2. The molecule has 2 amide bonds. The van der Waals surface area contributed by atoms with Crippen LogP contribution in [0, 0.1) is 0 Å². The highest BCUT2D eigenvalue weighted by Crippen LogP contribution is 2.23. The fourth-order valence-electron chi connectivity index (χ4n) is 2.77. The lowest BCUT2D eigenvalue weighted by Gasteiger charge is -2.47. The summed E-state index contributed by atoms with van der Waals surface area (Å²) >= 11 is 0. The fourth-order valence-corrected chi connectivity index (χ4v) is 2.77. The second kappa shape index (κ2) is 4.44. The van der Waals surface area contributed by atoms with E-state index in [1.165, 1.54) is 0 Å². The molecule has 3 heterocycles. The first kappa shape index (κ1) is 11.3. The zero-order valence-corrected chi connectivity index (χ0v) is 9.91. The molecule has 1 spiro atoms. The minimum atomic E-state index is -0.0336. The van der Waals surface area contributed by atoms with Crippen LogP contribution in [-0.4, -0.2) is 68.6 Å². The van der Waals surface area contributed by atoms with Crippen LogP contribution in [0.25, 0.3) is 0 Å². The van der Waals surface area contributed by atoms with Crippen molar-refractivity contribution in [3.05, 3.63) is 0 Å². The van der Waals surface area contributed by atoms with E-state index in [0.717, 1.165) is 45.8 Å². The van der Waals surface area contributed by atoms with Crippen molar-refractivity contribution in [2.45, 2.75) is 18.1 Å². The molecule has 1 atom stereocenters. The van der Waals surface area contributed by atoms with Crippen LogP contribution in [0.3, 0.4) is 0 Å². The van der Waals surface area contributed by atoms with Crippen molar-refractivity contribution in [2.75, 3.05) is 46.0 Å². The van der Waals surface area contributed by atoms with Gasteiger partial charge in [-0.25, -0.2) is 4.79 Å². The molecule has 3 fully saturated rings. The maximum atomic E-state index is 11.1. The summed E-state index contributed by atoms with van der Waals surface area (Å²) in [6, 6.07) is -0.0336. The number of hydrogen-bond donors (Lipinski definition) is 2. The molecule has 3 aliphatic rings. The van der Waals surface area contributed by atoms with Crippen molar-refractivity contribution >= 4 is 6.03 Å². The molecule has 0 radical (unpaired) electrons. The molecule has 3 aliphatic heterocycles. The first-order valence-corrected chi connectivity index (χ1v) is 6.24. The number of carbonyl (C=O) groups excluding carboxylic acids is 1. The molecule has 2 N–H and O–H groups in total. The largest absolute Gasteiger partial charge is 0.376 e. The number of urea groups is 1. The number of rotatable bonds is 3. The summed E-state index contributed by atoms with van der Waals surface area (Å²) in [5, 5.41) is 5.80. The van der Waals surface area contributed by atoms with Crippen LogP contribution in [0.15, 0.2) is 0 Å². The quantitative estimate of drug-likeness (QED) is 0.676. The minimum absolute atomic E-state index is 0.000997. The number of hydrogen-bond acceptors (Lipinski definition) is 4. The van der Waals surface area contributed by atoms with Gasteiger partial charge in [-0.15, -0.1) is 0 Å². The molecule has 0 bridgehead atoms. The Morgan fingerprint density at radius 3 is 2.94 bits per heavy atom. The van der Waals surface area contributed by atoms with Gasteiger partial charge < -0.3 is 20.1 Å². The third kappa shape index (κ3) is 2.38. The van der Waals surface area contributed by atoms with Crippen LogP contribution in [0.5, 0.6) is 0 Å². The molecule has 0 aromatic carbocycles. The molecule has 0 aliphatic carbocycles. The topological polar surface area (TPSA) is 62.8 Å². The highest BCUT2D eigenvalue weighted by molar-refractivity contribution is 5.78. The van der Waals surface area contributed by atoms with Crippen molar-refractivity contribution in [3.63, 3.8) is 0 Å². The Balaban J connectivity index is 1.37. The van der Waals surface area contributed by atoms with Gasteiger partial charge in [0.25, 0.3) is 0 Å². The van der Waals surface area contributed by atoms with E-state index in [2.05, 4.69) is 15.5 Å². The monoisotopic (exact) mass is 241 g/mol. The molecule has 3 saturated heterocycles. The normalized spacial score (nSPS) is 32.0.